The van der Waals surface area contributed by atoms with Crippen LogP contribution in [-0.4, -0.2) is 12.5 Å². The first-order valence-electron chi connectivity index (χ1n) is 7.04. The number of carbonyl (C=O) groups is 1. The number of halogens is 1. The zero-order valence-corrected chi connectivity index (χ0v) is 11.6. The van der Waals surface area contributed by atoms with Crippen molar-refractivity contribution in [2.45, 2.75) is 18.9 Å². The Kier molecular flexibility index (Phi) is 3.71. The first-order chi connectivity index (χ1) is 10.1. The highest BCUT2D eigenvalue weighted by atomic mass is 19.1. The van der Waals surface area contributed by atoms with Crippen molar-refractivity contribution in [2.75, 3.05) is 11.4 Å². The normalized spacial score (nSPS) is 17.4. The first-order valence-corrected chi connectivity index (χ1v) is 7.04. The fraction of sp³-hybridized carbons (Fsp3) is 0.235. The minimum Gasteiger partial charge on any atom is -0.324 e. The van der Waals surface area contributed by atoms with Gasteiger partial charge in [-0.3, -0.25) is 4.79 Å². The van der Waals surface area contributed by atoms with Crippen LogP contribution in [0.5, 0.6) is 0 Å². The third-order valence-electron chi connectivity index (χ3n) is 3.86. The largest absolute Gasteiger partial charge is 0.324 e. The van der Waals surface area contributed by atoms with Gasteiger partial charge in [0.2, 0.25) is 5.91 Å². The molecule has 2 aromatic carbocycles. The lowest BCUT2D eigenvalue weighted by Crippen LogP contribution is -2.39. The lowest BCUT2D eigenvalue weighted by atomic mass is 9.96. The van der Waals surface area contributed by atoms with E-state index < -0.39 is 0 Å². The van der Waals surface area contributed by atoms with Gasteiger partial charge in [-0.05, 0) is 35.7 Å². The number of rotatable bonds is 2. The third-order valence-corrected chi connectivity index (χ3v) is 3.86. The minimum absolute atomic E-state index is 0.0148. The molecule has 1 aliphatic heterocycles. The molecule has 2 N–H and O–H groups in total. The SMILES string of the molecule is NC1CCN(C(=O)Cc2ccc(F)cc2)c2ccccc21. The van der Waals surface area contributed by atoms with Gasteiger partial charge in [-0.2, -0.15) is 0 Å². The molecule has 1 aliphatic rings. The predicted octanol–water partition coefficient (Wildman–Crippen LogP) is 2.80. The highest BCUT2D eigenvalue weighted by molar-refractivity contribution is 5.96. The second kappa shape index (κ2) is 5.66. The third kappa shape index (κ3) is 2.81. The Morgan fingerprint density at radius 3 is 2.67 bits per heavy atom. The van der Waals surface area contributed by atoms with Crippen LogP contribution in [0.1, 0.15) is 23.6 Å². The number of amides is 1. The lowest BCUT2D eigenvalue weighted by Gasteiger charge is -2.32. The van der Waals surface area contributed by atoms with Crippen LogP contribution in [-0.2, 0) is 11.2 Å². The quantitative estimate of drug-likeness (QED) is 0.921. The summed E-state index contributed by atoms with van der Waals surface area (Å²) in [5.41, 5.74) is 8.81. The van der Waals surface area contributed by atoms with Crippen LogP contribution in [0.2, 0.25) is 0 Å². The molecule has 0 bridgehead atoms. The highest BCUT2D eigenvalue weighted by Gasteiger charge is 2.26. The van der Waals surface area contributed by atoms with Crippen molar-refractivity contribution in [2.24, 2.45) is 5.73 Å². The van der Waals surface area contributed by atoms with Crippen LogP contribution in [0.25, 0.3) is 0 Å². The summed E-state index contributed by atoms with van der Waals surface area (Å²) in [6, 6.07) is 13.8. The van der Waals surface area contributed by atoms with Gasteiger partial charge < -0.3 is 10.6 Å². The average Bonchev–Trinajstić information content (AvgIpc) is 2.50. The smallest absolute Gasteiger partial charge is 0.231 e. The van der Waals surface area contributed by atoms with E-state index in [4.69, 9.17) is 5.73 Å². The summed E-state index contributed by atoms with van der Waals surface area (Å²) < 4.78 is 12.9. The summed E-state index contributed by atoms with van der Waals surface area (Å²) in [5.74, 6) is -0.276. The summed E-state index contributed by atoms with van der Waals surface area (Å²) in [4.78, 5) is 14.3. The predicted molar refractivity (Wildman–Crippen MR) is 80.4 cm³/mol. The molecule has 2 aromatic rings. The number of anilines is 1. The molecule has 1 heterocycles. The molecule has 1 atom stereocenters. The van der Waals surface area contributed by atoms with Crippen LogP contribution in [0, 0.1) is 5.82 Å². The van der Waals surface area contributed by atoms with Crippen LogP contribution in [0.3, 0.4) is 0 Å². The molecule has 0 saturated carbocycles. The van der Waals surface area contributed by atoms with Gasteiger partial charge in [-0.15, -0.1) is 0 Å². The average molecular weight is 284 g/mol. The van der Waals surface area contributed by atoms with E-state index in [1.54, 1.807) is 17.0 Å². The molecule has 4 heteroatoms. The number of hydrogen-bond donors (Lipinski definition) is 1. The van der Waals surface area contributed by atoms with Crippen LogP contribution in [0.4, 0.5) is 10.1 Å². The Morgan fingerprint density at radius 2 is 1.90 bits per heavy atom. The Hall–Kier alpha value is -2.20. The Bertz CT molecular complexity index is 654. The number of nitrogens with zero attached hydrogens (tertiary/aromatic N) is 1. The zero-order chi connectivity index (χ0) is 14.8. The Labute approximate surface area is 123 Å². The first kappa shape index (κ1) is 13.8. The van der Waals surface area contributed by atoms with Gasteiger partial charge in [0.05, 0.1) is 6.42 Å². The van der Waals surface area contributed by atoms with Crippen molar-refractivity contribution in [3.63, 3.8) is 0 Å². The van der Waals surface area contributed by atoms with E-state index in [1.807, 2.05) is 24.3 Å². The monoisotopic (exact) mass is 284 g/mol. The molecule has 1 amide bonds. The Morgan fingerprint density at radius 1 is 1.19 bits per heavy atom. The number of hydrogen-bond acceptors (Lipinski definition) is 2. The van der Waals surface area contributed by atoms with Gasteiger partial charge in [0.15, 0.2) is 0 Å². The van der Waals surface area contributed by atoms with E-state index >= 15 is 0 Å². The van der Waals surface area contributed by atoms with E-state index in [9.17, 15) is 9.18 Å². The summed E-state index contributed by atoms with van der Waals surface area (Å²) >= 11 is 0. The molecule has 0 fully saturated rings. The second-order valence-electron chi connectivity index (χ2n) is 5.30. The number of fused-ring (bicyclic) bond motifs is 1. The molecule has 0 aliphatic carbocycles. The van der Waals surface area contributed by atoms with Gasteiger partial charge in [-0.25, -0.2) is 4.39 Å². The van der Waals surface area contributed by atoms with E-state index in [1.165, 1.54) is 12.1 Å². The van der Waals surface area contributed by atoms with Gasteiger partial charge in [0.1, 0.15) is 5.82 Å². The van der Waals surface area contributed by atoms with Crippen molar-refractivity contribution < 1.29 is 9.18 Å². The zero-order valence-electron chi connectivity index (χ0n) is 11.6. The molecule has 21 heavy (non-hydrogen) atoms. The van der Waals surface area contributed by atoms with Gasteiger partial charge in [0.25, 0.3) is 0 Å². The number of nitrogens with two attached hydrogens (primary N) is 1. The molecule has 0 saturated heterocycles. The Balaban J connectivity index is 1.82. The molecule has 0 aromatic heterocycles. The van der Waals surface area contributed by atoms with Crippen molar-refractivity contribution in [1.29, 1.82) is 0 Å². The maximum atomic E-state index is 12.9. The van der Waals surface area contributed by atoms with Crippen LogP contribution >= 0.6 is 0 Å². The molecule has 3 rings (SSSR count). The van der Waals surface area contributed by atoms with Crippen molar-refractivity contribution in [3.8, 4) is 0 Å². The maximum absolute atomic E-state index is 12.9. The summed E-state index contributed by atoms with van der Waals surface area (Å²) in [6.07, 6.45) is 1.02. The summed E-state index contributed by atoms with van der Waals surface area (Å²) in [5, 5.41) is 0. The molecule has 0 radical (unpaired) electrons. The molecule has 3 nitrogen and oxygen atoms in total. The summed E-state index contributed by atoms with van der Waals surface area (Å²) in [7, 11) is 0. The van der Waals surface area contributed by atoms with Crippen molar-refractivity contribution in [3.05, 3.63) is 65.5 Å². The topological polar surface area (TPSA) is 46.3 Å². The number of benzene rings is 2. The second-order valence-corrected chi connectivity index (χ2v) is 5.30. The summed E-state index contributed by atoms with van der Waals surface area (Å²) in [6.45, 7) is 0.623. The van der Waals surface area contributed by atoms with Gasteiger partial charge >= 0.3 is 0 Å². The van der Waals surface area contributed by atoms with Crippen LogP contribution < -0.4 is 10.6 Å². The highest BCUT2D eigenvalue weighted by Crippen LogP contribution is 2.32. The minimum atomic E-state index is -0.291. The van der Waals surface area contributed by atoms with E-state index in [-0.39, 0.29) is 24.2 Å². The molecular formula is C17H17FN2O. The van der Waals surface area contributed by atoms with Crippen molar-refractivity contribution in [1.82, 2.24) is 0 Å². The molecule has 108 valence electrons. The van der Waals surface area contributed by atoms with Gasteiger partial charge in [-0.1, -0.05) is 30.3 Å². The molecule has 0 spiro atoms. The fourth-order valence-electron chi connectivity index (χ4n) is 2.72. The molecule has 1 unspecified atom stereocenters. The molecular weight excluding hydrogens is 267 g/mol. The number of carbonyl (C=O) groups excluding carboxylic acids is 1. The maximum Gasteiger partial charge on any atom is 0.231 e. The lowest BCUT2D eigenvalue weighted by molar-refractivity contribution is -0.118. The van der Waals surface area contributed by atoms with Gasteiger partial charge in [0, 0.05) is 18.3 Å². The number of para-hydroxylation sites is 1. The standard InChI is InChI=1S/C17H17FN2O/c18-13-7-5-12(6-8-13)11-17(21)20-10-9-15(19)14-3-1-2-4-16(14)20/h1-8,15H,9-11,19H2. The van der Waals surface area contributed by atoms with E-state index in [0.29, 0.717) is 6.54 Å². The van der Waals surface area contributed by atoms with E-state index in [2.05, 4.69) is 0 Å². The van der Waals surface area contributed by atoms with E-state index in [0.717, 1.165) is 23.2 Å². The van der Waals surface area contributed by atoms with Crippen molar-refractivity contribution >= 4 is 11.6 Å². The fourth-order valence-corrected chi connectivity index (χ4v) is 2.72. The van der Waals surface area contributed by atoms with Crippen LogP contribution in [0.15, 0.2) is 48.5 Å².